The number of oxazole rings is 1. The van der Waals surface area contributed by atoms with Crippen LogP contribution in [0.15, 0.2) is 34.9 Å². The summed E-state index contributed by atoms with van der Waals surface area (Å²) in [6, 6.07) is 7.62. The minimum atomic E-state index is 0.0604. The lowest BCUT2D eigenvalue weighted by molar-refractivity contribution is -0.121. The van der Waals surface area contributed by atoms with E-state index in [1.165, 1.54) is 38.5 Å². The fourth-order valence-corrected chi connectivity index (χ4v) is 2.93. The van der Waals surface area contributed by atoms with Crippen molar-refractivity contribution in [1.29, 1.82) is 0 Å². The maximum atomic E-state index is 11.9. The molecule has 0 spiro atoms. The number of nitrogens with zero attached hydrogens (tertiary/aromatic N) is 1. The van der Waals surface area contributed by atoms with Gasteiger partial charge in [0.25, 0.3) is 0 Å². The van der Waals surface area contributed by atoms with Crippen molar-refractivity contribution in [3.05, 3.63) is 36.4 Å². The minimum Gasteiger partial charge on any atom is -0.497 e. The topological polar surface area (TPSA) is 64.4 Å². The molecule has 148 valence electrons. The summed E-state index contributed by atoms with van der Waals surface area (Å²) in [5.74, 6) is 2.16. The third kappa shape index (κ3) is 7.85. The van der Waals surface area contributed by atoms with Crippen molar-refractivity contribution in [2.45, 2.75) is 64.7 Å². The molecule has 0 aliphatic rings. The number of nitrogens with one attached hydrogen (secondary N) is 1. The zero-order valence-corrected chi connectivity index (χ0v) is 16.6. The molecule has 1 aromatic carbocycles. The summed E-state index contributed by atoms with van der Waals surface area (Å²) in [7, 11) is 1.64. The molecule has 27 heavy (non-hydrogen) atoms. The summed E-state index contributed by atoms with van der Waals surface area (Å²) in [4.78, 5) is 16.2. The van der Waals surface area contributed by atoms with Crippen molar-refractivity contribution >= 4 is 5.91 Å². The average Bonchev–Trinajstić information content (AvgIpc) is 3.17. The lowest BCUT2D eigenvalue weighted by Crippen LogP contribution is -2.24. The molecule has 5 nitrogen and oxygen atoms in total. The van der Waals surface area contributed by atoms with E-state index in [4.69, 9.17) is 9.15 Å². The second-order valence-electron chi connectivity index (χ2n) is 6.82. The summed E-state index contributed by atoms with van der Waals surface area (Å²) in [6.07, 6.45) is 11.4. The Bertz CT molecular complexity index is 664. The summed E-state index contributed by atoms with van der Waals surface area (Å²) in [5, 5.41) is 2.98. The third-order valence-corrected chi connectivity index (χ3v) is 4.60. The number of aryl methyl sites for hydroxylation is 1. The molecule has 1 N–H and O–H groups in total. The Morgan fingerprint density at radius 1 is 1.07 bits per heavy atom. The monoisotopic (exact) mass is 372 g/mol. The number of carbonyl (C=O) groups is 1. The zero-order valence-electron chi connectivity index (χ0n) is 16.6. The fourth-order valence-electron chi connectivity index (χ4n) is 2.93. The van der Waals surface area contributed by atoms with E-state index >= 15 is 0 Å². The first kappa shape index (κ1) is 21.0. The second kappa shape index (κ2) is 12.2. The summed E-state index contributed by atoms with van der Waals surface area (Å²) >= 11 is 0. The van der Waals surface area contributed by atoms with Crippen LogP contribution in [0.1, 0.15) is 64.2 Å². The van der Waals surface area contributed by atoms with Gasteiger partial charge in [-0.1, -0.05) is 45.4 Å². The van der Waals surface area contributed by atoms with E-state index in [0.717, 1.165) is 24.3 Å². The van der Waals surface area contributed by atoms with Crippen LogP contribution in [0.4, 0.5) is 0 Å². The van der Waals surface area contributed by atoms with E-state index < -0.39 is 0 Å². The van der Waals surface area contributed by atoms with Crippen LogP contribution in [-0.4, -0.2) is 24.5 Å². The molecule has 0 aliphatic carbocycles. The predicted octanol–water partition coefficient (Wildman–Crippen LogP) is 5.15. The quantitative estimate of drug-likeness (QED) is 0.494. The van der Waals surface area contributed by atoms with Gasteiger partial charge in [0.05, 0.1) is 13.3 Å². The molecule has 0 bridgehead atoms. The summed E-state index contributed by atoms with van der Waals surface area (Å²) < 4.78 is 10.9. The Morgan fingerprint density at radius 3 is 2.48 bits per heavy atom. The van der Waals surface area contributed by atoms with Gasteiger partial charge in [0.1, 0.15) is 5.75 Å². The van der Waals surface area contributed by atoms with Gasteiger partial charge < -0.3 is 14.5 Å². The highest BCUT2D eigenvalue weighted by Crippen LogP contribution is 2.23. The molecule has 1 amide bonds. The van der Waals surface area contributed by atoms with Gasteiger partial charge in [0, 0.05) is 24.9 Å². The van der Waals surface area contributed by atoms with Crippen molar-refractivity contribution in [3.63, 3.8) is 0 Å². The number of methoxy groups -OCH3 is 1. The van der Waals surface area contributed by atoms with Gasteiger partial charge in [-0.05, 0) is 30.7 Å². The van der Waals surface area contributed by atoms with Gasteiger partial charge in [-0.25, -0.2) is 4.98 Å². The van der Waals surface area contributed by atoms with Crippen LogP contribution >= 0.6 is 0 Å². The number of aromatic nitrogens is 1. The highest BCUT2D eigenvalue weighted by Gasteiger charge is 2.09. The molecule has 2 aromatic rings. The molecule has 0 aliphatic heterocycles. The van der Waals surface area contributed by atoms with Crippen LogP contribution in [0.2, 0.25) is 0 Å². The van der Waals surface area contributed by atoms with Crippen LogP contribution in [0.25, 0.3) is 11.3 Å². The van der Waals surface area contributed by atoms with Crippen molar-refractivity contribution < 1.29 is 13.9 Å². The van der Waals surface area contributed by atoms with Gasteiger partial charge in [-0.3, -0.25) is 4.79 Å². The van der Waals surface area contributed by atoms with Crippen LogP contribution in [-0.2, 0) is 11.2 Å². The normalized spacial score (nSPS) is 10.7. The first-order valence-corrected chi connectivity index (χ1v) is 10.1. The number of ether oxygens (including phenoxy) is 1. The van der Waals surface area contributed by atoms with Crippen molar-refractivity contribution in [2.24, 2.45) is 0 Å². The average molecular weight is 373 g/mol. The molecular formula is C22H32N2O3. The number of hydrogen-bond acceptors (Lipinski definition) is 4. The predicted molar refractivity (Wildman–Crippen MR) is 108 cm³/mol. The van der Waals surface area contributed by atoms with E-state index in [2.05, 4.69) is 17.2 Å². The zero-order chi connectivity index (χ0) is 19.3. The Labute approximate surface area is 162 Å². The smallest absolute Gasteiger partial charge is 0.220 e. The number of amides is 1. The summed E-state index contributed by atoms with van der Waals surface area (Å²) in [5.41, 5.74) is 0.943. The van der Waals surface area contributed by atoms with Crippen molar-refractivity contribution in [1.82, 2.24) is 10.3 Å². The third-order valence-electron chi connectivity index (χ3n) is 4.60. The van der Waals surface area contributed by atoms with Crippen LogP contribution in [0.5, 0.6) is 5.75 Å². The Hall–Kier alpha value is -2.30. The lowest BCUT2D eigenvalue weighted by Gasteiger charge is -2.04. The van der Waals surface area contributed by atoms with Crippen LogP contribution in [0.3, 0.4) is 0 Å². The molecule has 0 fully saturated rings. The van der Waals surface area contributed by atoms with Crippen LogP contribution < -0.4 is 10.1 Å². The van der Waals surface area contributed by atoms with Gasteiger partial charge in [0.2, 0.25) is 5.91 Å². The molecule has 1 aromatic heterocycles. The van der Waals surface area contributed by atoms with E-state index in [-0.39, 0.29) is 5.91 Å². The Morgan fingerprint density at radius 2 is 1.78 bits per heavy atom. The van der Waals surface area contributed by atoms with Gasteiger partial charge in [-0.15, -0.1) is 0 Å². The first-order valence-electron chi connectivity index (χ1n) is 10.1. The van der Waals surface area contributed by atoms with Crippen LogP contribution in [0, 0.1) is 0 Å². The van der Waals surface area contributed by atoms with Gasteiger partial charge in [0.15, 0.2) is 11.7 Å². The van der Waals surface area contributed by atoms with Gasteiger partial charge >= 0.3 is 0 Å². The van der Waals surface area contributed by atoms with E-state index in [1.54, 1.807) is 13.3 Å². The van der Waals surface area contributed by atoms with Crippen molar-refractivity contribution in [2.75, 3.05) is 13.7 Å². The van der Waals surface area contributed by atoms with Crippen molar-refractivity contribution in [3.8, 4) is 17.1 Å². The first-order chi connectivity index (χ1) is 13.2. The molecule has 0 atom stereocenters. The Balaban J connectivity index is 1.62. The molecule has 0 unspecified atom stereocenters. The maximum Gasteiger partial charge on any atom is 0.220 e. The molecule has 2 rings (SSSR count). The van der Waals surface area contributed by atoms with E-state index in [1.807, 2.05) is 24.3 Å². The van der Waals surface area contributed by atoms with Gasteiger partial charge in [-0.2, -0.15) is 0 Å². The van der Waals surface area contributed by atoms with E-state index in [0.29, 0.717) is 24.5 Å². The number of unbranched alkanes of at least 4 members (excludes halogenated alkanes) is 6. The molecule has 0 saturated carbocycles. The molecular weight excluding hydrogens is 340 g/mol. The Kier molecular flexibility index (Phi) is 9.45. The highest BCUT2D eigenvalue weighted by molar-refractivity contribution is 5.76. The SMILES string of the molecule is CCCCCCCCCNC(=O)CCc1ncc(-c2ccc(OC)cc2)o1. The molecule has 0 radical (unpaired) electrons. The second-order valence-corrected chi connectivity index (χ2v) is 6.82. The lowest BCUT2D eigenvalue weighted by atomic mass is 10.1. The fraction of sp³-hybridized carbons (Fsp3) is 0.545. The molecule has 5 heteroatoms. The minimum absolute atomic E-state index is 0.0604. The van der Waals surface area contributed by atoms with E-state index in [9.17, 15) is 4.79 Å². The maximum absolute atomic E-state index is 11.9. The molecule has 0 saturated heterocycles. The highest BCUT2D eigenvalue weighted by atomic mass is 16.5. The number of benzene rings is 1. The largest absolute Gasteiger partial charge is 0.497 e. The number of rotatable bonds is 13. The molecule has 1 heterocycles. The number of hydrogen-bond donors (Lipinski definition) is 1. The summed E-state index contributed by atoms with van der Waals surface area (Å²) in [6.45, 7) is 2.99. The number of carbonyl (C=O) groups excluding carboxylic acids is 1. The standard InChI is InChI=1S/C22H32N2O3/c1-3-4-5-6-7-8-9-16-23-21(25)14-15-22-24-17-20(27-22)18-10-12-19(26-2)13-11-18/h10-13,17H,3-9,14-16H2,1-2H3,(H,23,25).